The first-order valence-corrected chi connectivity index (χ1v) is 5.16. The third-order valence-corrected chi connectivity index (χ3v) is 3.51. The van der Waals surface area contributed by atoms with E-state index in [-0.39, 0.29) is 17.9 Å². The summed E-state index contributed by atoms with van der Waals surface area (Å²) < 4.78 is 0. The highest BCUT2D eigenvalue weighted by Crippen LogP contribution is 2.33. The molecular weight excluding hydrogens is 180 g/mol. The molecule has 1 spiro atoms. The monoisotopic (exact) mass is 196 g/mol. The van der Waals surface area contributed by atoms with E-state index in [1.807, 2.05) is 0 Å². The van der Waals surface area contributed by atoms with Crippen molar-refractivity contribution in [2.75, 3.05) is 7.05 Å². The van der Waals surface area contributed by atoms with Crippen molar-refractivity contribution in [3.63, 3.8) is 0 Å². The molecule has 1 unspecified atom stereocenters. The van der Waals surface area contributed by atoms with Crippen molar-refractivity contribution < 1.29 is 9.59 Å². The van der Waals surface area contributed by atoms with Gasteiger partial charge in [0.2, 0.25) is 11.8 Å². The second-order valence-corrected chi connectivity index (χ2v) is 4.37. The average Bonchev–Trinajstić information content (AvgIpc) is 2.62. The predicted molar refractivity (Wildman–Crippen MR) is 51.6 cm³/mol. The number of likely N-dealkylation sites (N-methyl/N-ethyl adjacent to an activating group) is 1. The highest BCUT2D eigenvalue weighted by atomic mass is 16.2. The Morgan fingerprint density at radius 3 is 2.50 bits per heavy atom. The molecule has 0 aromatic heterocycles. The van der Waals surface area contributed by atoms with Gasteiger partial charge in [-0.15, -0.1) is 0 Å². The largest absolute Gasteiger partial charge is 0.340 e. The zero-order chi connectivity index (χ0) is 10.3. The molecule has 1 atom stereocenters. The van der Waals surface area contributed by atoms with E-state index in [4.69, 9.17) is 0 Å². The summed E-state index contributed by atoms with van der Waals surface area (Å²) in [7, 11) is 1.71. The van der Waals surface area contributed by atoms with E-state index in [1.54, 1.807) is 18.9 Å². The van der Waals surface area contributed by atoms with Crippen LogP contribution < -0.4 is 5.32 Å². The molecule has 4 nitrogen and oxygen atoms in total. The van der Waals surface area contributed by atoms with Crippen LogP contribution in [-0.2, 0) is 9.59 Å². The molecule has 4 heteroatoms. The van der Waals surface area contributed by atoms with Gasteiger partial charge in [0.25, 0.3) is 0 Å². The van der Waals surface area contributed by atoms with Crippen LogP contribution in [0.15, 0.2) is 0 Å². The van der Waals surface area contributed by atoms with Crippen LogP contribution in [0.4, 0.5) is 0 Å². The zero-order valence-corrected chi connectivity index (χ0v) is 8.67. The summed E-state index contributed by atoms with van der Waals surface area (Å²) in [6.07, 6.45) is 3.67. The van der Waals surface area contributed by atoms with Gasteiger partial charge >= 0.3 is 0 Å². The molecule has 0 radical (unpaired) electrons. The van der Waals surface area contributed by atoms with E-state index in [0.29, 0.717) is 0 Å². The maximum Gasteiger partial charge on any atom is 0.248 e. The van der Waals surface area contributed by atoms with Gasteiger partial charge in [0.05, 0.1) is 0 Å². The van der Waals surface area contributed by atoms with E-state index in [0.717, 1.165) is 25.7 Å². The predicted octanol–water partition coefficient (Wildman–Crippen LogP) is 0.276. The third-order valence-electron chi connectivity index (χ3n) is 3.51. The molecule has 1 aliphatic heterocycles. The van der Waals surface area contributed by atoms with Gasteiger partial charge in [-0.25, -0.2) is 0 Å². The van der Waals surface area contributed by atoms with Crippen LogP contribution >= 0.6 is 0 Å². The van der Waals surface area contributed by atoms with Crippen LogP contribution in [0.25, 0.3) is 0 Å². The van der Waals surface area contributed by atoms with Crippen LogP contribution in [0.5, 0.6) is 0 Å². The van der Waals surface area contributed by atoms with Crippen molar-refractivity contribution in [2.45, 2.75) is 44.2 Å². The summed E-state index contributed by atoms with van der Waals surface area (Å²) in [4.78, 5) is 25.2. The number of nitrogens with one attached hydrogen (secondary N) is 1. The van der Waals surface area contributed by atoms with Crippen LogP contribution in [0, 0.1) is 0 Å². The van der Waals surface area contributed by atoms with Gasteiger partial charge in [0.1, 0.15) is 11.6 Å². The Labute approximate surface area is 83.6 Å². The second-order valence-electron chi connectivity index (χ2n) is 4.37. The lowest BCUT2D eigenvalue weighted by Gasteiger charge is -2.41. The second kappa shape index (κ2) is 2.97. The summed E-state index contributed by atoms with van der Waals surface area (Å²) in [5.74, 6) is 0.0658. The lowest BCUT2D eigenvalue weighted by molar-refractivity contribution is -0.152. The zero-order valence-electron chi connectivity index (χ0n) is 8.67. The van der Waals surface area contributed by atoms with Gasteiger partial charge in [-0.3, -0.25) is 9.59 Å². The molecule has 0 aromatic carbocycles. The molecule has 0 bridgehead atoms. The Balaban J connectivity index is 2.28. The lowest BCUT2D eigenvalue weighted by atomic mass is 9.91. The summed E-state index contributed by atoms with van der Waals surface area (Å²) in [6, 6.07) is -0.325. The molecule has 2 fully saturated rings. The quantitative estimate of drug-likeness (QED) is 0.605. The van der Waals surface area contributed by atoms with Crippen LogP contribution in [0.1, 0.15) is 32.6 Å². The standard InChI is InChI=1S/C10H16N2O2/c1-7-8(13)11-10(5-3-4-6-10)9(14)12(7)2/h7H,3-6H2,1-2H3,(H,11,13). The van der Waals surface area contributed by atoms with E-state index in [1.165, 1.54) is 0 Å². The van der Waals surface area contributed by atoms with Crippen molar-refractivity contribution in [3.8, 4) is 0 Å². The van der Waals surface area contributed by atoms with Crippen molar-refractivity contribution in [1.82, 2.24) is 10.2 Å². The van der Waals surface area contributed by atoms with Crippen LogP contribution in [0.3, 0.4) is 0 Å². The fraction of sp³-hybridized carbons (Fsp3) is 0.800. The van der Waals surface area contributed by atoms with Gasteiger partial charge in [0, 0.05) is 7.05 Å². The molecule has 1 saturated carbocycles. The number of rotatable bonds is 0. The minimum atomic E-state index is -0.557. The molecule has 2 amide bonds. The first-order chi connectivity index (χ1) is 6.57. The fourth-order valence-electron chi connectivity index (χ4n) is 2.40. The Hall–Kier alpha value is -1.06. The minimum Gasteiger partial charge on any atom is -0.340 e. The molecule has 1 N–H and O–H groups in total. The van der Waals surface area contributed by atoms with Crippen molar-refractivity contribution in [3.05, 3.63) is 0 Å². The number of piperazine rings is 1. The van der Waals surface area contributed by atoms with E-state index < -0.39 is 5.54 Å². The SMILES string of the molecule is CC1C(=O)NC2(CCCC2)C(=O)N1C. The molecular formula is C10H16N2O2. The molecule has 0 aromatic rings. The Kier molecular flexibility index (Phi) is 2.01. The molecule has 14 heavy (non-hydrogen) atoms. The number of hydrogen-bond acceptors (Lipinski definition) is 2. The number of carbonyl (C=O) groups excluding carboxylic acids is 2. The smallest absolute Gasteiger partial charge is 0.248 e. The topological polar surface area (TPSA) is 49.4 Å². The molecule has 78 valence electrons. The van der Waals surface area contributed by atoms with Crippen molar-refractivity contribution in [1.29, 1.82) is 0 Å². The van der Waals surface area contributed by atoms with Crippen molar-refractivity contribution >= 4 is 11.8 Å². The third kappa shape index (κ3) is 1.13. The maximum absolute atomic E-state index is 12.0. The van der Waals surface area contributed by atoms with E-state index >= 15 is 0 Å². The summed E-state index contributed by atoms with van der Waals surface area (Å²) in [6.45, 7) is 1.76. The maximum atomic E-state index is 12.0. The first kappa shape index (κ1) is 9.49. The molecule has 2 rings (SSSR count). The number of hydrogen-bond donors (Lipinski definition) is 1. The highest BCUT2D eigenvalue weighted by Gasteiger charge is 2.49. The normalized spacial score (nSPS) is 31.0. The lowest BCUT2D eigenvalue weighted by Crippen LogP contribution is -2.67. The number of amides is 2. The van der Waals surface area contributed by atoms with Crippen molar-refractivity contribution in [2.24, 2.45) is 0 Å². The Morgan fingerprint density at radius 2 is 1.93 bits per heavy atom. The summed E-state index contributed by atoms with van der Waals surface area (Å²) >= 11 is 0. The average molecular weight is 196 g/mol. The van der Waals surface area contributed by atoms with Crippen LogP contribution in [-0.4, -0.2) is 35.3 Å². The van der Waals surface area contributed by atoms with Gasteiger partial charge < -0.3 is 10.2 Å². The first-order valence-electron chi connectivity index (χ1n) is 5.16. The fourth-order valence-corrected chi connectivity index (χ4v) is 2.40. The van der Waals surface area contributed by atoms with E-state index in [2.05, 4.69) is 5.32 Å². The summed E-state index contributed by atoms with van der Waals surface area (Å²) in [5, 5.41) is 2.89. The van der Waals surface area contributed by atoms with Crippen LogP contribution in [0.2, 0.25) is 0 Å². The molecule has 1 aliphatic carbocycles. The minimum absolute atomic E-state index is 0.0194. The molecule has 2 aliphatic rings. The number of nitrogens with zero attached hydrogens (tertiary/aromatic N) is 1. The molecule has 1 saturated heterocycles. The van der Waals surface area contributed by atoms with Gasteiger partial charge in [0.15, 0.2) is 0 Å². The van der Waals surface area contributed by atoms with Gasteiger partial charge in [-0.1, -0.05) is 12.8 Å². The Morgan fingerprint density at radius 1 is 1.36 bits per heavy atom. The van der Waals surface area contributed by atoms with E-state index in [9.17, 15) is 9.59 Å². The van der Waals surface area contributed by atoms with Gasteiger partial charge in [-0.05, 0) is 19.8 Å². The van der Waals surface area contributed by atoms with Gasteiger partial charge in [-0.2, -0.15) is 0 Å². The highest BCUT2D eigenvalue weighted by molar-refractivity contribution is 5.99. The summed E-state index contributed by atoms with van der Waals surface area (Å²) in [5.41, 5.74) is -0.557. The molecule has 1 heterocycles. The Bertz CT molecular complexity index is 282. The number of carbonyl (C=O) groups is 2.